The molecule has 2 rings (SSSR count). The number of benzene rings is 1. The zero-order chi connectivity index (χ0) is 10.0. The first-order valence-corrected chi connectivity index (χ1v) is 5.06. The number of aliphatic hydroxyl groups is 1. The summed E-state index contributed by atoms with van der Waals surface area (Å²) in [4.78, 5) is 0. The van der Waals surface area contributed by atoms with E-state index >= 15 is 0 Å². The second-order valence-corrected chi connectivity index (χ2v) is 3.87. The van der Waals surface area contributed by atoms with Gasteiger partial charge in [-0.25, -0.2) is 0 Å². The Hall–Kier alpha value is -0.860. The van der Waals surface area contributed by atoms with E-state index < -0.39 is 0 Å². The molecule has 0 atom stereocenters. The minimum Gasteiger partial charge on any atom is -0.396 e. The summed E-state index contributed by atoms with van der Waals surface area (Å²) < 4.78 is 5.51. The summed E-state index contributed by atoms with van der Waals surface area (Å²) >= 11 is 0. The molecular weight excluding hydrogens is 176 g/mol. The lowest BCUT2D eigenvalue weighted by atomic mass is 10.0. The van der Waals surface area contributed by atoms with E-state index in [4.69, 9.17) is 9.84 Å². The van der Waals surface area contributed by atoms with E-state index in [-0.39, 0.29) is 12.2 Å². The molecule has 0 aromatic heterocycles. The van der Waals surface area contributed by atoms with Crippen LogP contribution in [-0.2, 0) is 16.8 Å². The van der Waals surface area contributed by atoms with Crippen LogP contribution in [0.2, 0.25) is 0 Å². The zero-order valence-corrected chi connectivity index (χ0v) is 8.49. The summed E-state index contributed by atoms with van der Waals surface area (Å²) in [5.41, 5.74) is 2.44. The molecule has 0 unspecified atom stereocenters. The quantitative estimate of drug-likeness (QED) is 0.789. The fourth-order valence-electron chi connectivity index (χ4n) is 1.86. The maximum atomic E-state index is 8.85. The van der Waals surface area contributed by atoms with Crippen LogP contribution in [0.4, 0.5) is 0 Å². The van der Waals surface area contributed by atoms with Gasteiger partial charge in [0.15, 0.2) is 0 Å². The normalized spacial score (nSPS) is 18.1. The Balaban J connectivity index is 2.22. The lowest BCUT2D eigenvalue weighted by Crippen LogP contribution is -2.09. The molecule has 0 spiro atoms. The molecule has 1 aliphatic carbocycles. The van der Waals surface area contributed by atoms with Crippen LogP contribution < -0.4 is 0 Å². The van der Waals surface area contributed by atoms with Gasteiger partial charge in [0.25, 0.3) is 0 Å². The number of methoxy groups -OCH3 is 1. The second kappa shape index (κ2) is 3.71. The Bertz CT molecular complexity index is 316. The van der Waals surface area contributed by atoms with Crippen LogP contribution in [-0.4, -0.2) is 18.8 Å². The molecule has 2 heteroatoms. The van der Waals surface area contributed by atoms with Gasteiger partial charge in [0.1, 0.15) is 0 Å². The van der Waals surface area contributed by atoms with Gasteiger partial charge >= 0.3 is 0 Å². The van der Waals surface area contributed by atoms with Crippen molar-refractivity contribution >= 4 is 0 Å². The maximum absolute atomic E-state index is 8.85. The Labute approximate surface area is 84.5 Å². The largest absolute Gasteiger partial charge is 0.396 e. The van der Waals surface area contributed by atoms with Gasteiger partial charge in [-0.15, -0.1) is 0 Å². The van der Waals surface area contributed by atoms with Crippen molar-refractivity contribution in [1.29, 1.82) is 0 Å². The summed E-state index contributed by atoms with van der Waals surface area (Å²) in [5.74, 6) is 0. The van der Waals surface area contributed by atoms with Crippen LogP contribution in [0.3, 0.4) is 0 Å². The van der Waals surface area contributed by atoms with Crippen molar-refractivity contribution in [3.8, 4) is 0 Å². The van der Waals surface area contributed by atoms with E-state index in [1.165, 1.54) is 11.1 Å². The summed E-state index contributed by atoms with van der Waals surface area (Å²) in [6.45, 7) is 0.212. The predicted octanol–water partition coefficient (Wildman–Crippen LogP) is 1.86. The molecule has 1 aromatic carbocycles. The van der Waals surface area contributed by atoms with Gasteiger partial charge in [0.2, 0.25) is 0 Å². The van der Waals surface area contributed by atoms with Gasteiger partial charge in [-0.1, -0.05) is 24.3 Å². The summed E-state index contributed by atoms with van der Waals surface area (Å²) in [6.07, 6.45) is 2.96. The lowest BCUT2D eigenvalue weighted by Gasteiger charge is -2.14. The number of ether oxygens (including phenoxy) is 1. The minimum atomic E-state index is -0.00847. The molecule has 1 aromatic rings. The van der Waals surface area contributed by atoms with E-state index in [0.29, 0.717) is 0 Å². The number of hydrogen-bond acceptors (Lipinski definition) is 2. The second-order valence-electron chi connectivity index (χ2n) is 3.87. The smallest absolute Gasteiger partial charge is 0.0930 e. The summed E-state index contributed by atoms with van der Waals surface area (Å²) in [7, 11) is 1.77. The van der Waals surface area contributed by atoms with Crippen molar-refractivity contribution < 1.29 is 9.84 Å². The van der Waals surface area contributed by atoms with E-state index in [0.717, 1.165) is 19.3 Å². The molecule has 1 saturated carbocycles. The molecule has 76 valence electrons. The molecule has 0 bridgehead atoms. The van der Waals surface area contributed by atoms with Gasteiger partial charge in [-0.3, -0.25) is 0 Å². The Morgan fingerprint density at radius 2 is 2.21 bits per heavy atom. The fourth-order valence-corrected chi connectivity index (χ4v) is 1.86. The van der Waals surface area contributed by atoms with E-state index in [2.05, 4.69) is 12.1 Å². The van der Waals surface area contributed by atoms with Crippen LogP contribution in [0.5, 0.6) is 0 Å². The topological polar surface area (TPSA) is 29.5 Å². The van der Waals surface area contributed by atoms with Crippen molar-refractivity contribution in [3.05, 3.63) is 35.4 Å². The van der Waals surface area contributed by atoms with Crippen molar-refractivity contribution in [1.82, 2.24) is 0 Å². The highest BCUT2D eigenvalue weighted by atomic mass is 16.5. The molecule has 2 nitrogen and oxygen atoms in total. The monoisotopic (exact) mass is 192 g/mol. The lowest BCUT2D eigenvalue weighted by molar-refractivity contribution is 0.0788. The molecule has 0 aliphatic heterocycles. The molecular formula is C12H16O2. The van der Waals surface area contributed by atoms with E-state index in [1.54, 1.807) is 7.11 Å². The Morgan fingerprint density at radius 3 is 2.79 bits per heavy atom. The number of hydrogen-bond donors (Lipinski definition) is 1. The molecule has 1 aliphatic rings. The highest BCUT2D eigenvalue weighted by Gasteiger charge is 2.44. The highest BCUT2D eigenvalue weighted by molar-refractivity contribution is 5.32. The first-order chi connectivity index (χ1) is 6.80. The third-order valence-electron chi connectivity index (χ3n) is 2.95. The summed E-state index contributed by atoms with van der Waals surface area (Å²) in [6, 6.07) is 8.34. The molecule has 1 fully saturated rings. The van der Waals surface area contributed by atoms with Crippen molar-refractivity contribution in [2.24, 2.45) is 0 Å². The van der Waals surface area contributed by atoms with Crippen LogP contribution in [0.1, 0.15) is 24.0 Å². The number of rotatable bonds is 4. The van der Waals surface area contributed by atoms with E-state index in [1.807, 2.05) is 12.1 Å². The number of aliphatic hydroxyl groups excluding tert-OH is 1. The highest BCUT2D eigenvalue weighted by Crippen LogP contribution is 2.48. The minimum absolute atomic E-state index is 0.00847. The first-order valence-electron chi connectivity index (χ1n) is 5.06. The van der Waals surface area contributed by atoms with Crippen molar-refractivity contribution in [2.45, 2.75) is 24.9 Å². The molecule has 0 saturated heterocycles. The van der Waals surface area contributed by atoms with Crippen LogP contribution in [0.15, 0.2) is 24.3 Å². The SMILES string of the molecule is COC1(c2cccc(CCO)c2)CC1. The Kier molecular flexibility index (Phi) is 2.57. The first kappa shape index (κ1) is 9.69. The van der Waals surface area contributed by atoms with Crippen LogP contribution in [0, 0.1) is 0 Å². The molecule has 0 amide bonds. The third-order valence-corrected chi connectivity index (χ3v) is 2.95. The van der Waals surface area contributed by atoms with Gasteiger partial charge < -0.3 is 9.84 Å². The standard InChI is InChI=1S/C12H16O2/c1-14-12(6-7-12)11-4-2-3-10(9-11)5-8-13/h2-4,9,13H,5-8H2,1H3. The molecule has 0 heterocycles. The molecule has 14 heavy (non-hydrogen) atoms. The third kappa shape index (κ3) is 1.68. The Morgan fingerprint density at radius 1 is 1.43 bits per heavy atom. The van der Waals surface area contributed by atoms with Crippen molar-refractivity contribution in [3.63, 3.8) is 0 Å². The summed E-state index contributed by atoms with van der Waals surface area (Å²) in [5, 5.41) is 8.85. The average Bonchev–Trinajstić information content (AvgIpc) is 2.99. The van der Waals surface area contributed by atoms with Gasteiger partial charge in [-0.2, -0.15) is 0 Å². The maximum Gasteiger partial charge on any atom is 0.0930 e. The average molecular weight is 192 g/mol. The predicted molar refractivity (Wildman–Crippen MR) is 55.2 cm³/mol. The zero-order valence-electron chi connectivity index (χ0n) is 8.49. The van der Waals surface area contributed by atoms with Gasteiger partial charge in [0.05, 0.1) is 5.60 Å². The molecule has 1 N–H and O–H groups in total. The van der Waals surface area contributed by atoms with Gasteiger partial charge in [0, 0.05) is 13.7 Å². The van der Waals surface area contributed by atoms with Crippen LogP contribution in [0.25, 0.3) is 0 Å². The van der Waals surface area contributed by atoms with Crippen molar-refractivity contribution in [2.75, 3.05) is 13.7 Å². The van der Waals surface area contributed by atoms with E-state index in [9.17, 15) is 0 Å². The van der Waals surface area contributed by atoms with Gasteiger partial charge in [-0.05, 0) is 30.4 Å². The van der Waals surface area contributed by atoms with Crippen LogP contribution >= 0.6 is 0 Å². The molecule has 0 radical (unpaired) electrons. The fraction of sp³-hybridized carbons (Fsp3) is 0.500.